The molecule has 0 aromatic heterocycles. The number of nitrogens with zero attached hydrogens (tertiary/aromatic N) is 2. The minimum atomic E-state index is -0.330. The third kappa shape index (κ3) is 3.45. The maximum atomic E-state index is 11.8. The van der Waals surface area contributed by atoms with Crippen LogP contribution in [0.1, 0.15) is 5.56 Å². The largest absolute Gasteiger partial charge is 0.486 e. The standard InChI is InChI=1S/C15H18N2O3/c1-19-11-16-14-10-17(9-13(14)15(18)20-2)8-12-6-4-3-5-7-12/h3-7,11H,8-10H2,1-2H3. The molecular weight excluding hydrogens is 256 g/mol. The number of benzene rings is 1. The van der Waals surface area contributed by atoms with Gasteiger partial charge in [0.05, 0.1) is 25.5 Å². The van der Waals surface area contributed by atoms with Crippen LogP contribution in [0, 0.1) is 0 Å². The van der Waals surface area contributed by atoms with Gasteiger partial charge >= 0.3 is 5.97 Å². The summed E-state index contributed by atoms with van der Waals surface area (Å²) >= 11 is 0. The van der Waals surface area contributed by atoms with Gasteiger partial charge in [-0.2, -0.15) is 0 Å². The second-order valence-electron chi connectivity index (χ2n) is 4.52. The number of esters is 1. The van der Waals surface area contributed by atoms with Crippen molar-refractivity contribution in [1.29, 1.82) is 0 Å². The van der Waals surface area contributed by atoms with E-state index in [1.807, 2.05) is 18.2 Å². The Kier molecular flexibility index (Phi) is 4.90. The molecule has 0 spiro atoms. The summed E-state index contributed by atoms with van der Waals surface area (Å²) in [5.74, 6) is -0.330. The third-order valence-electron chi connectivity index (χ3n) is 3.10. The Hall–Kier alpha value is -2.14. The highest BCUT2D eigenvalue weighted by atomic mass is 16.5. The highest BCUT2D eigenvalue weighted by Crippen LogP contribution is 2.21. The maximum absolute atomic E-state index is 11.8. The second kappa shape index (κ2) is 6.86. The molecule has 0 bridgehead atoms. The minimum Gasteiger partial charge on any atom is -0.486 e. The van der Waals surface area contributed by atoms with Gasteiger partial charge in [-0.15, -0.1) is 0 Å². The van der Waals surface area contributed by atoms with Crippen molar-refractivity contribution < 1.29 is 14.3 Å². The van der Waals surface area contributed by atoms with E-state index in [-0.39, 0.29) is 5.97 Å². The molecule has 0 saturated heterocycles. The second-order valence-corrected chi connectivity index (χ2v) is 4.52. The molecule has 0 saturated carbocycles. The van der Waals surface area contributed by atoms with Crippen molar-refractivity contribution in [2.45, 2.75) is 6.54 Å². The van der Waals surface area contributed by atoms with Crippen LogP contribution in [0.5, 0.6) is 0 Å². The van der Waals surface area contributed by atoms with E-state index in [9.17, 15) is 4.79 Å². The first-order chi connectivity index (χ1) is 9.74. The van der Waals surface area contributed by atoms with E-state index in [1.165, 1.54) is 26.2 Å². The summed E-state index contributed by atoms with van der Waals surface area (Å²) in [4.78, 5) is 18.1. The molecule has 0 radical (unpaired) electrons. The number of ether oxygens (including phenoxy) is 2. The van der Waals surface area contributed by atoms with Crippen molar-refractivity contribution >= 4 is 12.4 Å². The van der Waals surface area contributed by atoms with Gasteiger partial charge in [-0.1, -0.05) is 30.3 Å². The average Bonchev–Trinajstić information content (AvgIpc) is 2.88. The number of hydrogen-bond acceptors (Lipinski definition) is 5. The van der Waals surface area contributed by atoms with Crippen LogP contribution in [-0.2, 0) is 20.8 Å². The normalized spacial score (nSPS) is 15.9. The molecule has 1 aromatic rings. The molecule has 1 aliphatic heterocycles. The zero-order valence-electron chi connectivity index (χ0n) is 11.7. The maximum Gasteiger partial charge on any atom is 0.336 e. The van der Waals surface area contributed by atoms with E-state index in [0.29, 0.717) is 24.4 Å². The molecule has 2 rings (SSSR count). The Balaban J connectivity index is 2.08. The number of carbonyl (C=O) groups excluding carboxylic acids is 1. The summed E-state index contributed by atoms with van der Waals surface area (Å²) in [6.45, 7) is 1.92. The molecule has 0 N–H and O–H groups in total. The Morgan fingerprint density at radius 1 is 1.30 bits per heavy atom. The van der Waals surface area contributed by atoms with Gasteiger partial charge in [-0.05, 0) is 5.56 Å². The third-order valence-corrected chi connectivity index (χ3v) is 3.10. The van der Waals surface area contributed by atoms with Gasteiger partial charge < -0.3 is 9.47 Å². The summed E-state index contributed by atoms with van der Waals surface area (Å²) in [6, 6.07) is 10.1. The van der Waals surface area contributed by atoms with E-state index >= 15 is 0 Å². The predicted molar refractivity (Wildman–Crippen MR) is 76.3 cm³/mol. The van der Waals surface area contributed by atoms with Gasteiger partial charge in [0, 0.05) is 19.6 Å². The molecule has 1 aliphatic rings. The number of rotatable bonds is 5. The van der Waals surface area contributed by atoms with Crippen molar-refractivity contribution in [1.82, 2.24) is 4.90 Å². The van der Waals surface area contributed by atoms with E-state index in [1.54, 1.807) is 0 Å². The first-order valence-electron chi connectivity index (χ1n) is 6.36. The van der Waals surface area contributed by atoms with Crippen LogP contribution >= 0.6 is 0 Å². The fourth-order valence-corrected chi connectivity index (χ4v) is 2.17. The van der Waals surface area contributed by atoms with Gasteiger partial charge in [0.15, 0.2) is 6.40 Å². The number of hydrogen-bond donors (Lipinski definition) is 0. The molecule has 0 fully saturated rings. The molecule has 106 valence electrons. The van der Waals surface area contributed by atoms with E-state index in [4.69, 9.17) is 9.47 Å². The van der Waals surface area contributed by atoms with Gasteiger partial charge in [-0.25, -0.2) is 9.79 Å². The fourth-order valence-electron chi connectivity index (χ4n) is 2.17. The molecule has 0 aliphatic carbocycles. The summed E-state index contributed by atoms with van der Waals surface area (Å²) in [7, 11) is 2.91. The topological polar surface area (TPSA) is 51.1 Å². The van der Waals surface area contributed by atoms with Crippen molar-refractivity contribution in [3.63, 3.8) is 0 Å². The van der Waals surface area contributed by atoms with Crippen LogP contribution < -0.4 is 0 Å². The number of carbonyl (C=O) groups is 1. The van der Waals surface area contributed by atoms with Gasteiger partial charge in [0.1, 0.15) is 0 Å². The van der Waals surface area contributed by atoms with Crippen LogP contribution in [0.2, 0.25) is 0 Å². The van der Waals surface area contributed by atoms with E-state index in [0.717, 1.165) is 6.54 Å². The lowest BCUT2D eigenvalue weighted by Gasteiger charge is -2.15. The Morgan fingerprint density at radius 3 is 2.70 bits per heavy atom. The molecule has 0 unspecified atom stereocenters. The lowest BCUT2D eigenvalue weighted by atomic mass is 10.2. The van der Waals surface area contributed by atoms with Gasteiger partial charge in [0.2, 0.25) is 0 Å². The van der Waals surface area contributed by atoms with Crippen LogP contribution in [0.4, 0.5) is 0 Å². The minimum absolute atomic E-state index is 0.330. The lowest BCUT2D eigenvalue weighted by molar-refractivity contribution is -0.136. The first kappa shape index (κ1) is 14.3. The Bertz CT molecular complexity index is 523. The average molecular weight is 274 g/mol. The monoisotopic (exact) mass is 274 g/mol. The molecular formula is C15H18N2O3. The predicted octanol–water partition coefficient (Wildman–Crippen LogP) is 1.60. The first-order valence-corrected chi connectivity index (χ1v) is 6.36. The number of aliphatic imine (C=N–C) groups is 1. The zero-order valence-corrected chi connectivity index (χ0v) is 11.7. The van der Waals surface area contributed by atoms with Crippen molar-refractivity contribution in [2.75, 3.05) is 27.3 Å². The lowest BCUT2D eigenvalue weighted by Crippen LogP contribution is -2.22. The molecule has 20 heavy (non-hydrogen) atoms. The molecule has 5 nitrogen and oxygen atoms in total. The zero-order chi connectivity index (χ0) is 14.4. The Labute approximate surface area is 118 Å². The molecule has 1 aromatic carbocycles. The van der Waals surface area contributed by atoms with Crippen LogP contribution in [-0.4, -0.2) is 44.6 Å². The summed E-state index contributed by atoms with van der Waals surface area (Å²) in [6.07, 6.45) is 1.34. The summed E-state index contributed by atoms with van der Waals surface area (Å²) < 4.78 is 9.63. The van der Waals surface area contributed by atoms with Gasteiger partial charge in [-0.3, -0.25) is 4.90 Å². The van der Waals surface area contributed by atoms with Crippen LogP contribution in [0.15, 0.2) is 46.6 Å². The van der Waals surface area contributed by atoms with E-state index in [2.05, 4.69) is 22.0 Å². The van der Waals surface area contributed by atoms with Crippen molar-refractivity contribution in [3.8, 4) is 0 Å². The SMILES string of the molecule is COC=NC1=C(C(=O)OC)CN(Cc2ccccc2)C1. The van der Waals surface area contributed by atoms with E-state index < -0.39 is 0 Å². The summed E-state index contributed by atoms with van der Waals surface area (Å²) in [5, 5.41) is 0. The van der Waals surface area contributed by atoms with Gasteiger partial charge in [0.25, 0.3) is 0 Å². The highest BCUT2D eigenvalue weighted by Gasteiger charge is 2.27. The fraction of sp³-hybridized carbons (Fsp3) is 0.333. The van der Waals surface area contributed by atoms with Crippen LogP contribution in [0.3, 0.4) is 0 Å². The molecule has 5 heteroatoms. The number of methoxy groups -OCH3 is 2. The van der Waals surface area contributed by atoms with Crippen LogP contribution in [0.25, 0.3) is 0 Å². The Morgan fingerprint density at radius 2 is 2.05 bits per heavy atom. The van der Waals surface area contributed by atoms with Crippen molar-refractivity contribution in [2.24, 2.45) is 4.99 Å². The molecule has 0 atom stereocenters. The highest BCUT2D eigenvalue weighted by molar-refractivity contribution is 5.90. The smallest absolute Gasteiger partial charge is 0.336 e. The van der Waals surface area contributed by atoms with Crippen molar-refractivity contribution in [3.05, 3.63) is 47.2 Å². The quantitative estimate of drug-likeness (QED) is 0.465. The molecule has 1 heterocycles. The molecule has 0 amide bonds. The summed E-state index contributed by atoms with van der Waals surface area (Å²) in [5.41, 5.74) is 2.50.